The van der Waals surface area contributed by atoms with Crippen LogP contribution in [0.25, 0.3) is 0 Å². The number of benzene rings is 2. The second-order valence-corrected chi connectivity index (χ2v) is 13.5. The van der Waals surface area contributed by atoms with Gasteiger partial charge in [-0.25, -0.2) is 9.13 Å². The number of hydrogen-bond acceptors (Lipinski definition) is 4. The maximum Gasteiger partial charge on any atom is 0.184 e. The first-order chi connectivity index (χ1) is 21.6. The molecule has 5 fully saturated rings. The molecule has 0 bridgehead atoms. The largest absolute Gasteiger partial charge is 0.342 e. The van der Waals surface area contributed by atoms with Crippen molar-refractivity contribution in [3.63, 3.8) is 0 Å². The van der Waals surface area contributed by atoms with Gasteiger partial charge in [-0.15, -0.1) is 0 Å². The first-order valence-electron chi connectivity index (χ1n) is 16.3. The van der Waals surface area contributed by atoms with Gasteiger partial charge < -0.3 is 18.9 Å². The summed E-state index contributed by atoms with van der Waals surface area (Å²) in [5, 5.41) is 0. The van der Waals surface area contributed by atoms with Crippen LogP contribution in [0.15, 0.2) is 97.6 Å². The standard InChI is InChI=1S/C38H40N2O4/c1-39-19-15-25(16-20-39)35-33(23-3-7-27(8-4-23)37-41-29-11-12-30(29)42-37)36(26-17-21-40(2)22-18-26)34(35)24-5-9-28(10-6-24)38-43-31-13-14-32(31)44-38/h3-10,15-22,29-38H,11-14H2,1-2H3/q+2. The lowest BCUT2D eigenvalue weighted by atomic mass is 9.49. The molecule has 4 unspecified atom stereocenters. The van der Waals surface area contributed by atoms with Crippen molar-refractivity contribution in [2.75, 3.05) is 0 Å². The fraction of sp³-hybridized carbons (Fsp3) is 0.421. The molecule has 4 heterocycles. The van der Waals surface area contributed by atoms with E-state index in [1.54, 1.807) is 0 Å². The average molecular weight is 589 g/mol. The monoisotopic (exact) mass is 588 g/mol. The lowest BCUT2D eigenvalue weighted by molar-refractivity contribution is -0.671. The molecule has 2 aromatic heterocycles. The van der Waals surface area contributed by atoms with Gasteiger partial charge >= 0.3 is 0 Å². The van der Waals surface area contributed by atoms with Crippen LogP contribution in [0.4, 0.5) is 0 Å². The van der Waals surface area contributed by atoms with E-state index in [4.69, 9.17) is 18.9 Å². The van der Waals surface area contributed by atoms with Gasteiger partial charge in [-0.05, 0) is 71.6 Å². The molecular formula is C38H40N2O4+2. The smallest absolute Gasteiger partial charge is 0.184 e. The van der Waals surface area contributed by atoms with Crippen LogP contribution >= 0.6 is 0 Å². The fourth-order valence-electron chi connectivity index (χ4n) is 8.14. The molecule has 6 heteroatoms. The fourth-order valence-corrected chi connectivity index (χ4v) is 8.14. The highest BCUT2D eigenvalue weighted by molar-refractivity contribution is 5.48. The first-order valence-corrected chi connectivity index (χ1v) is 16.3. The number of fused-ring (bicyclic) bond motifs is 2. The number of aromatic nitrogens is 2. The molecule has 2 aromatic carbocycles. The summed E-state index contributed by atoms with van der Waals surface area (Å²) in [6.07, 6.45) is 13.7. The van der Waals surface area contributed by atoms with Crippen LogP contribution in [0.2, 0.25) is 0 Å². The predicted octanol–water partition coefficient (Wildman–Crippen LogP) is 5.94. The van der Waals surface area contributed by atoms with E-state index >= 15 is 0 Å². The van der Waals surface area contributed by atoms with Gasteiger partial charge in [-0.2, -0.15) is 0 Å². The summed E-state index contributed by atoms with van der Waals surface area (Å²) in [6.45, 7) is 0. The van der Waals surface area contributed by atoms with Crippen LogP contribution in [0, 0.1) is 0 Å². The van der Waals surface area contributed by atoms with Crippen molar-refractivity contribution in [2.45, 2.75) is 86.4 Å². The summed E-state index contributed by atoms with van der Waals surface area (Å²) in [4.78, 5) is 0. The quantitative estimate of drug-likeness (QED) is 0.262. The number of aryl methyl sites for hydroxylation is 2. The Hall–Kier alpha value is -3.42. The third kappa shape index (κ3) is 4.46. The van der Waals surface area contributed by atoms with Crippen LogP contribution in [0.5, 0.6) is 0 Å². The Morgan fingerprint density at radius 3 is 0.909 bits per heavy atom. The molecule has 44 heavy (non-hydrogen) atoms. The zero-order chi connectivity index (χ0) is 29.4. The third-order valence-electron chi connectivity index (χ3n) is 11.0. The second-order valence-electron chi connectivity index (χ2n) is 13.5. The van der Waals surface area contributed by atoms with E-state index in [9.17, 15) is 0 Å². The van der Waals surface area contributed by atoms with Crippen molar-refractivity contribution in [3.8, 4) is 0 Å². The van der Waals surface area contributed by atoms with E-state index in [0.717, 1.165) is 36.8 Å². The van der Waals surface area contributed by atoms with E-state index < -0.39 is 0 Å². The van der Waals surface area contributed by atoms with Crippen LogP contribution in [0.3, 0.4) is 0 Å². The number of hydrogen-bond donors (Lipinski definition) is 0. The third-order valence-corrected chi connectivity index (χ3v) is 11.0. The van der Waals surface area contributed by atoms with Gasteiger partial charge in [-0.1, -0.05) is 48.5 Å². The van der Waals surface area contributed by atoms with Crippen LogP contribution in [-0.4, -0.2) is 24.4 Å². The zero-order valence-corrected chi connectivity index (χ0v) is 25.4. The number of pyridine rings is 2. The second kappa shape index (κ2) is 10.6. The summed E-state index contributed by atoms with van der Waals surface area (Å²) >= 11 is 0. The van der Waals surface area contributed by atoms with Gasteiger partial charge in [0.25, 0.3) is 0 Å². The van der Waals surface area contributed by atoms with Gasteiger partial charge in [-0.3, -0.25) is 0 Å². The first kappa shape index (κ1) is 26.9. The van der Waals surface area contributed by atoms with E-state index in [0.29, 0.717) is 23.7 Å². The number of nitrogens with zero attached hydrogens (tertiary/aromatic N) is 2. The van der Waals surface area contributed by atoms with Crippen molar-refractivity contribution < 1.29 is 28.1 Å². The molecule has 6 nitrogen and oxygen atoms in total. The van der Waals surface area contributed by atoms with Gasteiger partial charge in [0, 0.05) is 35.4 Å². The SMILES string of the molecule is C[n+]1ccc(C2C(c3ccc(C4OC5CCC5O4)cc3)C(c3cc[n+](C)cc3)C2c2ccc(C3OC4CCC4O3)cc2)cc1. The molecule has 3 saturated carbocycles. The van der Waals surface area contributed by atoms with Gasteiger partial charge in [0.1, 0.15) is 14.1 Å². The molecule has 2 aliphatic heterocycles. The molecular weight excluding hydrogens is 548 g/mol. The molecule has 4 atom stereocenters. The van der Waals surface area contributed by atoms with Crippen molar-refractivity contribution in [3.05, 3.63) is 131 Å². The van der Waals surface area contributed by atoms with Crippen LogP contribution < -0.4 is 9.13 Å². The topological polar surface area (TPSA) is 44.7 Å². The molecule has 3 aliphatic carbocycles. The van der Waals surface area contributed by atoms with Crippen molar-refractivity contribution in [1.29, 1.82) is 0 Å². The molecule has 4 aromatic rings. The summed E-state index contributed by atoms with van der Waals surface area (Å²) < 4.78 is 29.0. The Kier molecular flexibility index (Phi) is 6.48. The van der Waals surface area contributed by atoms with E-state index in [2.05, 4.69) is 121 Å². The molecule has 0 N–H and O–H groups in total. The van der Waals surface area contributed by atoms with E-state index in [-0.39, 0.29) is 37.0 Å². The minimum absolute atomic E-state index is 0.243. The lowest BCUT2D eigenvalue weighted by Gasteiger charge is -2.53. The molecule has 0 radical (unpaired) electrons. The number of ether oxygens (including phenoxy) is 4. The minimum atomic E-state index is -0.243. The van der Waals surface area contributed by atoms with E-state index in [1.165, 1.54) is 22.3 Å². The Morgan fingerprint density at radius 1 is 0.386 bits per heavy atom. The Labute approximate surface area is 259 Å². The molecule has 5 aliphatic rings. The molecule has 9 rings (SSSR count). The Bertz CT molecular complexity index is 1480. The minimum Gasteiger partial charge on any atom is -0.342 e. The Morgan fingerprint density at radius 2 is 0.636 bits per heavy atom. The Balaban J connectivity index is 1.08. The summed E-state index contributed by atoms with van der Waals surface area (Å²) in [7, 11) is 4.17. The van der Waals surface area contributed by atoms with Crippen molar-refractivity contribution in [2.24, 2.45) is 14.1 Å². The predicted molar refractivity (Wildman–Crippen MR) is 163 cm³/mol. The highest BCUT2D eigenvalue weighted by Gasteiger charge is 2.53. The lowest BCUT2D eigenvalue weighted by Crippen LogP contribution is -2.41. The summed E-state index contributed by atoms with van der Waals surface area (Å²) in [6, 6.07) is 27.4. The summed E-state index contributed by atoms with van der Waals surface area (Å²) in [5.41, 5.74) is 7.71. The molecule has 2 saturated heterocycles. The molecule has 0 amide bonds. The zero-order valence-electron chi connectivity index (χ0n) is 25.4. The summed E-state index contributed by atoms with van der Waals surface area (Å²) in [5.74, 6) is 1.31. The maximum absolute atomic E-state index is 6.18. The van der Waals surface area contributed by atoms with Crippen molar-refractivity contribution in [1.82, 2.24) is 0 Å². The maximum atomic E-state index is 6.18. The highest BCUT2D eigenvalue weighted by atomic mass is 16.7. The van der Waals surface area contributed by atoms with Gasteiger partial charge in [0.15, 0.2) is 37.4 Å². The van der Waals surface area contributed by atoms with E-state index in [1.807, 2.05) is 0 Å². The highest BCUT2D eigenvalue weighted by Crippen LogP contribution is 2.66. The van der Waals surface area contributed by atoms with Gasteiger partial charge in [0.2, 0.25) is 0 Å². The van der Waals surface area contributed by atoms with Gasteiger partial charge in [0.05, 0.1) is 24.4 Å². The average Bonchev–Trinajstić information content (AvgIpc) is 3.48. The molecule has 224 valence electrons. The normalized spacial score (nSPS) is 35.2. The van der Waals surface area contributed by atoms with Crippen molar-refractivity contribution >= 4 is 0 Å². The molecule has 0 spiro atoms. The van der Waals surface area contributed by atoms with Crippen LogP contribution in [-0.2, 0) is 33.0 Å². The van der Waals surface area contributed by atoms with Crippen LogP contribution in [0.1, 0.15) is 95.3 Å². The number of rotatable bonds is 6.